The molecular weight excluding hydrogens is 282 g/mol. The Morgan fingerprint density at radius 3 is 2.81 bits per heavy atom. The Morgan fingerprint density at radius 1 is 1.10 bits per heavy atom. The van der Waals surface area contributed by atoms with Crippen molar-refractivity contribution < 1.29 is 4.74 Å². The van der Waals surface area contributed by atoms with Crippen LogP contribution in [0.4, 0.5) is 0 Å². The fourth-order valence-electron chi connectivity index (χ4n) is 3.59. The third-order valence-corrected chi connectivity index (χ3v) is 4.82. The van der Waals surface area contributed by atoms with E-state index in [2.05, 4.69) is 41.3 Å². The van der Waals surface area contributed by atoms with Crippen molar-refractivity contribution in [2.45, 2.75) is 12.5 Å². The highest BCUT2D eigenvalue weighted by molar-refractivity contribution is 6.30. The van der Waals surface area contributed by atoms with E-state index >= 15 is 0 Å². The van der Waals surface area contributed by atoms with E-state index in [0.717, 1.165) is 37.0 Å². The molecule has 2 heterocycles. The summed E-state index contributed by atoms with van der Waals surface area (Å²) >= 11 is 6.16. The summed E-state index contributed by atoms with van der Waals surface area (Å²) in [6.07, 6.45) is 0. The number of hydrogen-bond donors (Lipinski definition) is 0. The monoisotopic (exact) mass is 299 g/mol. The SMILES string of the molecule is Clc1ccc2c(c1)[C@@H]1CN(Cc3ccccc3)C[C@H]1CO2. The van der Waals surface area contributed by atoms with Crippen LogP contribution >= 0.6 is 11.6 Å². The van der Waals surface area contributed by atoms with Crippen LogP contribution < -0.4 is 4.74 Å². The molecule has 0 radical (unpaired) electrons. The van der Waals surface area contributed by atoms with Gasteiger partial charge >= 0.3 is 0 Å². The molecule has 21 heavy (non-hydrogen) atoms. The van der Waals surface area contributed by atoms with Crippen molar-refractivity contribution in [1.82, 2.24) is 4.90 Å². The summed E-state index contributed by atoms with van der Waals surface area (Å²) in [5.41, 5.74) is 2.66. The second-order valence-corrected chi connectivity index (χ2v) is 6.48. The van der Waals surface area contributed by atoms with Gasteiger partial charge in [-0.1, -0.05) is 41.9 Å². The van der Waals surface area contributed by atoms with Gasteiger partial charge in [0.25, 0.3) is 0 Å². The second-order valence-electron chi connectivity index (χ2n) is 6.04. The minimum Gasteiger partial charge on any atom is -0.493 e. The Bertz CT molecular complexity index is 643. The van der Waals surface area contributed by atoms with Crippen LogP contribution in [0.15, 0.2) is 48.5 Å². The molecule has 2 aliphatic rings. The molecule has 108 valence electrons. The first-order valence-corrected chi connectivity index (χ1v) is 7.86. The second kappa shape index (κ2) is 5.36. The van der Waals surface area contributed by atoms with E-state index in [1.807, 2.05) is 12.1 Å². The molecule has 1 saturated heterocycles. The van der Waals surface area contributed by atoms with Crippen molar-refractivity contribution >= 4 is 11.6 Å². The Kier molecular flexibility index (Phi) is 3.36. The maximum atomic E-state index is 6.16. The lowest BCUT2D eigenvalue weighted by molar-refractivity contribution is 0.212. The van der Waals surface area contributed by atoms with E-state index in [4.69, 9.17) is 16.3 Å². The summed E-state index contributed by atoms with van der Waals surface area (Å²) in [5, 5.41) is 0.805. The van der Waals surface area contributed by atoms with E-state index in [1.54, 1.807) is 0 Å². The molecule has 0 saturated carbocycles. The van der Waals surface area contributed by atoms with Crippen molar-refractivity contribution in [2.75, 3.05) is 19.7 Å². The lowest BCUT2D eigenvalue weighted by atomic mass is 9.87. The van der Waals surface area contributed by atoms with Crippen molar-refractivity contribution in [2.24, 2.45) is 5.92 Å². The Morgan fingerprint density at radius 2 is 1.95 bits per heavy atom. The van der Waals surface area contributed by atoms with Crippen LogP contribution in [-0.2, 0) is 6.54 Å². The molecule has 2 aromatic carbocycles. The van der Waals surface area contributed by atoms with Gasteiger partial charge in [-0.15, -0.1) is 0 Å². The Hall–Kier alpha value is -1.51. The number of rotatable bonds is 2. The first kappa shape index (κ1) is 13.2. The molecule has 0 spiro atoms. The average molecular weight is 300 g/mol. The fraction of sp³-hybridized carbons (Fsp3) is 0.333. The highest BCUT2D eigenvalue weighted by Gasteiger charge is 2.38. The first-order chi connectivity index (χ1) is 10.3. The van der Waals surface area contributed by atoms with Gasteiger partial charge in [-0.05, 0) is 23.8 Å². The predicted octanol–water partition coefficient (Wildman–Crippen LogP) is 3.95. The smallest absolute Gasteiger partial charge is 0.122 e. The van der Waals surface area contributed by atoms with E-state index in [1.165, 1.54) is 11.1 Å². The molecule has 0 unspecified atom stereocenters. The molecule has 0 N–H and O–H groups in total. The maximum Gasteiger partial charge on any atom is 0.122 e. The third-order valence-electron chi connectivity index (χ3n) is 4.59. The van der Waals surface area contributed by atoms with Gasteiger partial charge in [0.1, 0.15) is 5.75 Å². The zero-order chi connectivity index (χ0) is 14.2. The van der Waals surface area contributed by atoms with Gasteiger partial charge < -0.3 is 4.74 Å². The number of hydrogen-bond acceptors (Lipinski definition) is 2. The number of fused-ring (bicyclic) bond motifs is 3. The summed E-state index contributed by atoms with van der Waals surface area (Å²) < 4.78 is 5.91. The van der Waals surface area contributed by atoms with Crippen LogP contribution in [0.25, 0.3) is 0 Å². The lowest BCUT2D eigenvalue weighted by Crippen LogP contribution is -2.25. The van der Waals surface area contributed by atoms with E-state index in [9.17, 15) is 0 Å². The van der Waals surface area contributed by atoms with Crippen LogP contribution in [0, 0.1) is 5.92 Å². The first-order valence-electron chi connectivity index (χ1n) is 7.48. The molecule has 3 heteroatoms. The van der Waals surface area contributed by atoms with E-state index < -0.39 is 0 Å². The van der Waals surface area contributed by atoms with Crippen molar-refractivity contribution in [3.8, 4) is 5.75 Å². The number of halogens is 1. The molecule has 2 nitrogen and oxygen atoms in total. The summed E-state index contributed by atoms with van der Waals surface area (Å²) in [7, 11) is 0. The fourth-order valence-corrected chi connectivity index (χ4v) is 3.77. The summed E-state index contributed by atoms with van der Waals surface area (Å²) in [6.45, 7) is 4.04. The van der Waals surface area contributed by atoms with Crippen molar-refractivity contribution in [3.63, 3.8) is 0 Å². The van der Waals surface area contributed by atoms with E-state index in [-0.39, 0.29) is 0 Å². The molecule has 0 amide bonds. The molecule has 2 atom stereocenters. The number of likely N-dealkylation sites (tertiary alicyclic amines) is 1. The quantitative estimate of drug-likeness (QED) is 0.832. The van der Waals surface area contributed by atoms with Crippen LogP contribution in [-0.4, -0.2) is 24.6 Å². The van der Waals surface area contributed by atoms with Crippen LogP contribution in [0.1, 0.15) is 17.0 Å². The van der Waals surface area contributed by atoms with Crippen molar-refractivity contribution in [1.29, 1.82) is 0 Å². The zero-order valence-corrected chi connectivity index (χ0v) is 12.6. The van der Waals surface area contributed by atoms with Gasteiger partial charge in [0.2, 0.25) is 0 Å². The maximum absolute atomic E-state index is 6.16. The largest absolute Gasteiger partial charge is 0.493 e. The van der Waals surface area contributed by atoms with Gasteiger partial charge in [-0.3, -0.25) is 4.90 Å². The number of nitrogens with zero attached hydrogens (tertiary/aromatic N) is 1. The number of benzene rings is 2. The van der Waals surface area contributed by atoms with Gasteiger partial charge in [-0.2, -0.15) is 0 Å². The molecule has 0 aromatic heterocycles. The molecular formula is C18H18ClNO. The molecule has 1 fully saturated rings. The summed E-state index contributed by atoms with van der Waals surface area (Å²) in [6, 6.07) is 16.7. The standard InChI is InChI=1S/C18H18ClNO/c19-15-6-7-18-16(8-15)17-11-20(10-14(17)12-21-18)9-13-4-2-1-3-5-13/h1-8,14,17H,9-12H2/t14-,17+/m0/s1. The molecule has 2 aromatic rings. The van der Waals surface area contributed by atoms with Gasteiger partial charge in [0.15, 0.2) is 0 Å². The number of ether oxygens (including phenoxy) is 1. The topological polar surface area (TPSA) is 12.5 Å². The van der Waals surface area contributed by atoms with Crippen LogP contribution in [0.2, 0.25) is 5.02 Å². The zero-order valence-electron chi connectivity index (χ0n) is 11.8. The van der Waals surface area contributed by atoms with Gasteiger partial charge in [0, 0.05) is 42.1 Å². The summed E-state index contributed by atoms with van der Waals surface area (Å²) in [4.78, 5) is 2.53. The Balaban J connectivity index is 1.55. The van der Waals surface area contributed by atoms with Crippen LogP contribution in [0.5, 0.6) is 5.75 Å². The highest BCUT2D eigenvalue weighted by atomic mass is 35.5. The molecule has 4 rings (SSSR count). The highest BCUT2D eigenvalue weighted by Crippen LogP contribution is 2.42. The summed E-state index contributed by atoms with van der Waals surface area (Å²) in [5.74, 6) is 2.15. The van der Waals surface area contributed by atoms with Crippen molar-refractivity contribution in [3.05, 3.63) is 64.7 Å². The minimum absolute atomic E-state index is 0.552. The van der Waals surface area contributed by atoms with Gasteiger partial charge in [-0.25, -0.2) is 0 Å². The molecule has 0 bridgehead atoms. The minimum atomic E-state index is 0.552. The molecule has 2 aliphatic heterocycles. The average Bonchev–Trinajstić information content (AvgIpc) is 2.91. The van der Waals surface area contributed by atoms with Gasteiger partial charge in [0.05, 0.1) is 6.61 Å². The third kappa shape index (κ3) is 2.54. The normalized spacial score (nSPS) is 24.2. The molecule has 0 aliphatic carbocycles. The van der Waals surface area contributed by atoms with E-state index in [0.29, 0.717) is 11.8 Å². The predicted molar refractivity (Wildman–Crippen MR) is 84.9 cm³/mol. The Labute approximate surface area is 130 Å². The van der Waals surface area contributed by atoms with Crippen LogP contribution in [0.3, 0.4) is 0 Å². The lowest BCUT2D eigenvalue weighted by Gasteiger charge is -2.27.